The van der Waals surface area contributed by atoms with E-state index in [1.54, 1.807) is 7.11 Å². The zero-order valence-corrected chi connectivity index (χ0v) is 10.5. The summed E-state index contributed by atoms with van der Waals surface area (Å²) in [5.74, 6) is 1.12. The summed E-state index contributed by atoms with van der Waals surface area (Å²) in [5, 5.41) is 0. The van der Waals surface area contributed by atoms with Crippen molar-refractivity contribution < 1.29 is 9.53 Å². The van der Waals surface area contributed by atoms with E-state index in [4.69, 9.17) is 4.74 Å². The fourth-order valence-electron chi connectivity index (χ4n) is 1.37. The summed E-state index contributed by atoms with van der Waals surface area (Å²) in [6.45, 7) is 6.05. The van der Waals surface area contributed by atoms with Gasteiger partial charge in [-0.2, -0.15) is 0 Å². The first kappa shape index (κ1) is 12.8. The lowest BCUT2D eigenvalue weighted by atomic mass is 9.82. The summed E-state index contributed by atoms with van der Waals surface area (Å²) in [4.78, 5) is 12.0. The Hall–Kier alpha value is -1.31. The van der Waals surface area contributed by atoms with E-state index in [1.807, 2.05) is 45.0 Å². The summed E-state index contributed by atoms with van der Waals surface area (Å²) in [7, 11) is 1.64. The molecule has 0 fully saturated rings. The van der Waals surface area contributed by atoms with Crippen LogP contribution in [0.3, 0.4) is 0 Å². The molecule has 0 radical (unpaired) electrons. The first-order valence-corrected chi connectivity index (χ1v) is 5.66. The summed E-state index contributed by atoms with van der Waals surface area (Å²) >= 11 is 0. The Morgan fingerprint density at radius 3 is 2.25 bits per heavy atom. The van der Waals surface area contributed by atoms with Gasteiger partial charge in [-0.25, -0.2) is 0 Å². The maximum absolute atomic E-state index is 12.0. The number of hydrogen-bond acceptors (Lipinski definition) is 2. The van der Waals surface area contributed by atoms with Crippen LogP contribution in [0.5, 0.6) is 5.75 Å². The van der Waals surface area contributed by atoms with E-state index in [9.17, 15) is 4.79 Å². The Balaban J connectivity index is 2.70. The zero-order chi connectivity index (χ0) is 12.2. The minimum atomic E-state index is -0.222. The van der Waals surface area contributed by atoms with Gasteiger partial charge in [0.1, 0.15) is 11.5 Å². The third-order valence-corrected chi connectivity index (χ3v) is 3.16. The van der Waals surface area contributed by atoms with Gasteiger partial charge in [0, 0.05) is 11.8 Å². The van der Waals surface area contributed by atoms with Gasteiger partial charge in [0.25, 0.3) is 0 Å². The molecular weight excluding hydrogens is 200 g/mol. The predicted octanol–water partition coefficient (Wildman–Crippen LogP) is 3.24. The van der Waals surface area contributed by atoms with Crippen molar-refractivity contribution in [2.24, 2.45) is 5.41 Å². The van der Waals surface area contributed by atoms with Gasteiger partial charge in [-0.05, 0) is 24.1 Å². The van der Waals surface area contributed by atoms with Crippen molar-refractivity contribution in [1.82, 2.24) is 0 Å². The van der Waals surface area contributed by atoms with Crippen molar-refractivity contribution in [2.75, 3.05) is 7.11 Å². The molecule has 0 aliphatic rings. The molecule has 1 aromatic carbocycles. The van der Waals surface area contributed by atoms with Crippen LogP contribution in [0.4, 0.5) is 0 Å². The van der Waals surface area contributed by atoms with Gasteiger partial charge in [0.2, 0.25) is 0 Å². The molecular formula is C14H20O2. The van der Waals surface area contributed by atoms with Gasteiger partial charge in [-0.15, -0.1) is 0 Å². The van der Waals surface area contributed by atoms with E-state index in [1.165, 1.54) is 0 Å². The second-order valence-electron chi connectivity index (χ2n) is 4.69. The topological polar surface area (TPSA) is 26.3 Å². The molecule has 16 heavy (non-hydrogen) atoms. The van der Waals surface area contributed by atoms with Gasteiger partial charge in [0.15, 0.2) is 0 Å². The smallest absolute Gasteiger partial charge is 0.142 e. The Morgan fingerprint density at radius 2 is 1.81 bits per heavy atom. The molecule has 0 aliphatic carbocycles. The van der Waals surface area contributed by atoms with Crippen molar-refractivity contribution in [1.29, 1.82) is 0 Å². The van der Waals surface area contributed by atoms with E-state index in [0.717, 1.165) is 17.7 Å². The summed E-state index contributed by atoms with van der Waals surface area (Å²) in [6, 6.07) is 7.67. The fourth-order valence-corrected chi connectivity index (χ4v) is 1.37. The highest BCUT2D eigenvalue weighted by Gasteiger charge is 2.24. The van der Waals surface area contributed by atoms with Gasteiger partial charge >= 0.3 is 0 Å². The zero-order valence-electron chi connectivity index (χ0n) is 10.5. The molecule has 2 heteroatoms. The lowest BCUT2D eigenvalue weighted by molar-refractivity contribution is -0.126. The van der Waals surface area contributed by atoms with Crippen molar-refractivity contribution in [3.05, 3.63) is 29.8 Å². The standard InChI is InChI=1S/C14H20O2/c1-5-14(2,3)13(15)10-11-6-8-12(16-4)9-7-11/h6-9H,5,10H2,1-4H3. The molecule has 0 aromatic heterocycles. The summed E-state index contributed by atoms with van der Waals surface area (Å²) in [5.41, 5.74) is 0.826. The van der Waals surface area contributed by atoms with E-state index in [2.05, 4.69) is 0 Å². The van der Waals surface area contributed by atoms with E-state index < -0.39 is 0 Å². The molecule has 0 atom stereocenters. The Labute approximate surface area is 97.6 Å². The molecule has 0 saturated carbocycles. The average Bonchev–Trinajstić information content (AvgIpc) is 2.30. The first-order valence-electron chi connectivity index (χ1n) is 5.66. The predicted molar refractivity (Wildman–Crippen MR) is 65.8 cm³/mol. The van der Waals surface area contributed by atoms with Crippen molar-refractivity contribution in [3.8, 4) is 5.75 Å². The van der Waals surface area contributed by atoms with Crippen LogP contribution in [0, 0.1) is 5.41 Å². The van der Waals surface area contributed by atoms with Crippen LogP contribution < -0.4 is 4.74 Å². The molecule has 0 aliphatic heterocycles. The Morgan fingerprint density at radius 1 is 1.25 bits per heavy atom. The van der Waals surface area contributed by atoms with Crippen LogP contribution in [-0.2, 0) is 11.2 Å². The highest BCUT2D eigenvalue weighted by Crippen LogP contribution is 2.23. The average molecular weight is 220 g/mol. The molecule has 0 spiro atoms. The lowest BCUT2D eigenvalue weighted by Crippen LogP contribution is -2.24. The van der Waals surface area contributed by atoms with Gasteiger partial charge < -0.3 is 4.74 Å². The van der Waals surface area contributed by atoms with Crippen LogP contribution in [0.15, 0.2) is 24.3 Å². The van der Waals surface area contributed by atoms with Crippen LogP contribution >= 0.6 is 0 Å². The van der Waals surface area contributed by atoms with E-state index in [-0.39, 0.29) is 5.41 Å². The van der Waals surface area contributed by atoms with E-state index in [0.29, 0.717) is 12.2 Å². The number of benzene rings is 1. The molecule has 0 heterocycles. The molecule has 0 bridgehead atoms. The third-order valence-electron chi connectivity index (χ3n) is 3.16. The molecule has 88 valence electrons. The molecule has 0 amide bonds. The van der Waals surface area contributed by atoms with Gasteiger partial charge in [-0.1, -0.05) is 32.9 Å². The molecule has 2 nitrogen and oxygen atoms in total. The minimum Gasteiger partial charge on any atom is -0.497 e. The quantitative estimate of drug-likeness (QED) is 0.761. The number of hydrogen-bond donors (Lipinski definition) is 0. The van der Waals surface area contributed by atoms with Crippen LogP contribution in [-0.4, -0.2) is 12.9 Å². The Kier molecular flexibility index (Phi) is 4.11. The number of ether oxygens (including phenoxy) is 1. The van der Waals surface area contributed by atoms with Crippen LogP contribution in [0.1, 0.15) is 32.8 Å². The largest absolute Gasteiger partial charge is 0.497 e. The SMILES string of the molecule is CCC(C)(C)C(=O)Cc1ccc(OC)cc1. The number of carbonyl (C=O) groups is 1. The fraction of sp³-hybridized carbons (Fsp3) is 0.500. The van der Waals surface area contributed by atoms with Crippen molar-refractivity contribution in [2.45, 2.75) is 33.6 Å². The molecule has 0 N–H and O–H groups in total. The lowest BCUT2D eigenvalue weighted by Gasteiger charge is -2.20. The highest BCUT2D eigenvalue weighted by molar-refractivity contribution is 5.86. The highest BCUT2D eigenvalue weighted by atomic mass is 16.5. The third kappa shape index (κ3) is 3.09. The summed E-state index contributed by atoms with van der Waals surface area (Å²) in [6.07, 6.45) is 1.38. The second kappa shape index (κ2) is 5.15. The number of ketones is 1. The van der Waals surface area contributed by atoms with Gasteiger partial charge in [-0.3, -0.25) is 4.79 Å². The number of rotatable bonds is 5. The molecule has 0 saturated heterocycles. The maximum atomic E-state index is 12.0. The van der Waals surface area contributed by atoms with Crippen LogP contribution in [0.25, 0.3) is 0 Å². The molecule has 1 rings (SSSR count). The normalized spacial score (nSPS) is 11.2. The molecule has 1 aromatic rings. The van der Waals surface area contributed by atoms with Crippen molar-refractivity contribution in [3.63, 3.8) is 0 Å². The minimum absolute atomic E-state index is 0.222. The number of carbonyl (C=O) groups excluding carboxylic acids is 1. The number of Topliss-reactive ketones (excluding diaryl/α,β-unsaturated/α-hetero) is 1. The van der Waals surface area contributed by atoms with Gasteiger partial charge in [0.05, 0.1) is 7.11 Å². The number of methoxy groups -OCH3 is 1. The van der Waals surface area contributed by atoms with Crippen LogP contribution in [0.2, 0.25) is 0 Å². The molecule has 0 unspecified atom stereocenters. The first-order chi connectivity index (χ1) is 7.49. The van der Waals surface area contributed by atoms with Crippen molar-refractivity contribution >= 4 is 5.78 Å². The maximum Gasteiger partial charge on any atom is 0.142 e. The monoisotopic (exact) mass is 220 g/mol. The second-order valence-corrected chi connectivity index (χ2v) is 4.69. The Bertz CT molecular complexity index is 350. The summed E-state index contributed by atoms with van der Waals surface area (Å²) < 4.78 is 5.08. The van der Waals surface area contributed by atoms with E-state index >= 15 is 0 Å².